The van der Waals surface area contributed by atoms with Crippen LogP contribution in [0, 0.1) is 0 Å². The SMILES string of the molecule is CC.C\C=C/N=C1/SCCN/C1=C/C. The quantitative estimate of drug-likeness (QED) is 0.722. The predicted molar refractivity (Wildman–Crippen MR) is 67.8 cm³/mol. The van der Waals surface area contributed by atoms with Crippen molar-refractivity contribution in [1.82, 2.24) is 5.32 Å². The van der Waals surface area contributed by atoms with Gasteiger partial charge >= 0.3 is 0 Å². The Kier molecular flexibility index (Phi) is 8.43. The Balaban J connectivity index is 0.000000791. The lowest BCUT2D eigenvalue weighted by molar-refractivity contribution is 0.892. The maximum Gasteiger partial charge on any atom is 0.119 e. The van der Waals surface area contributed by atoms with E-state index in [1.165, 1.54) is 0 Å². The molecule has 0 aromatic carbocycles. The zero-order chi connectivity index (χ0) is 10.8. The van der Waals surface area contributed by atoms with E-state index in [-0.39, 0.29) is 0 Å². The first-order valence-corrected chi connectivity index (χ1v) is 6.09. The lowest BCUT2D eigenvalue weighted by Gasteiger charge is -2.17. The van der Waals surface area contributed by atoms with E-state index in [9.17, 15) is 0 Å². The number of nitrogens with one attached hydrogen (secondary N) is 1. The molecule has 1 fully saturated rings. The Morgan fingerprint density at radius 2 is 2.07 bits per heavy atom. The first-order chi connectivity index (χ1) is 6.88. The Labute approximate surface area is 91.6 Å². The second-order valence-corrected chi connectivity index (χ2v) is 3.48. The summed E-state index contributed by atoms with van der Waals surface area (Å²) < 4.78 is 0. The van der Waals surface area contributed by atoms with E-state index in [1.807, 2.05) is 40.0 Å². The van der Waals surface area contributed by atoms with Gasteiger partial charge in [-0.25, -0.2) is 4.99 Å². The topological polar surface area (TPSA) is 24.4 Å². The zero-order valence-electron chi connectivity index (χ0n) is 9.50. The van der Waals surface area contributed by atoms with Crippen LogP contribution in [-0.2, 0) is 0 Å². The summed E-state index contributed by atoms with van der Waals surface area (Å²) in [7, 11) is 0. The van der Waals surface area contributed by atoms with Crippen molar-refractivity contribution in [3.05, 3.63) is 24.0 Å². The van der Waals surface area contributed by atoms with Crippen molar-refractivity contribution in [3.8, 4) is 0 Å². The maximum absolute atomic E-state index is 4.32. The number of rotatable bonds is 1. The van der Waals surface area contributed by atoms with Crippen LogP contribution in [0.2, 0.25) is 0 Å². The molecule has 0 atom stereocenters. The molecular formula is C11H20N2S. The average molecular weight is 212 g/mol. The molecule has 0 unspecified atom stereocenters. The van der Waals surface area contributed by atoms with Crippen LogP contribution in [0.3, 0.4) is 0 Å². The second kappa shape index (κ2) is 8.88. The summed E-state index contributed by atoms with van der Waals surface area (Å²) in [6.07, 6.45) is 5.84. The molecule has 0 saturated carbocycles. The van der Waals surface area contributed by atoms with Crippen LogP contribution in [0.25, 0.3) is 0 Å². The monoisotopic (exact) mass is 212 g/mol. The van der Waals surface area contributed by atoms with E-state index in [4.69, 9.17) is 0 Å². The maximum atomic E-state index is 4.32. The van der Waals surface area contributed by atoms with Crippen LogP contribution >= 0.6 is 11.8 Å². The molecule has 0 aromatic rings. The second-order valence-electron chi connectivity index (χ2n) is 2.39. The lowest BCUT2D eigenvalue weighted by Crippen LogP contribution is -2.27. The summed E-state index contributed by atoms with van der Waals surface area (Å²) in [6, 6.07) is 0. The number of thioether (sulfide) groups is 1. The summed E-state index contributed by atoms with van der Waals surface area (Å²) >= 11 is 1.80. The summed E-state index contributed by atoms with van der Waals surface area (Å²) in [5.41, 5.74) is 1.16. The van der Waals surface area contributed by atoms with E-state index < -0.39 is 0 Å². The van der Waals surface area contributed by atoms with Crippen LogP contribution in [0.1, 0.15) is 27.7 Å². The highest BCUT2D eigenvalue weighted by molar-refractivity contribution is 8.14. The van der Waals surface area contributed by atoms with Crippen molar-refractivity contribution in [3.63, 3.8) is 0 Å². The summed E-state index contributed by atoms with van der Waals surface area (Å²) in [6.45, 7) is 9.04. The molecule has 0 aliphatic carbocycles. The largest absolute Gasteiger partial charge is 0.382 e. The molecule has 0 aromatic heterocycles. The summed E-state index contributed by atoms with van der Waals surface area (Å²) in [5, 5.41) is 4.40. The van der Waals surface area contributed by atoms with E-state index in [0.717, 1.165) is 23.0 Å². The van der Waals surface area contributed by atoms with E-state index in [2.05, 4.69) is 16.4 Å². The molecule has 80 valence electrons. The van der Waals surface area contributed by atoms with Crippen LogP contribution in [0.15, 0.2) is 29.0 Å². The summed E-state index contributed by atoms with van der Waals surface area (Å²) in [5.74, 6) is 1.10. The van der Waals surface area contributed by atoms with Gasteiger partial charge in [0.25, 0.3) is 0 Å². The first-order valence-electron chi connectivity index (χ1n) is 5.10. The molecule has 0 bridgehead atoms. The minimum Gasteiger partial charge on any atom is -0.382 e. The molecule has 1 saturated heterocycles. The molecule has 3 heteroatoms. The molecule has 1 aliphatic heterocycles. The molecule has 1 rings (SSSR count). The zero-order valence-corrected chi connectivity index (χ0v) is 10.3. The third-order valence-electron chi connectivity index (χ3n) is 1.52. The fourth-order valence-corrected chi connectivity index (χ4v) is 1.84. The molecule has 14 heavy (non-hydrogen) atoms. The van der Waals surface area contributed by atoms with Gasteiger partial charge in [0.15, 0.2) is 0 Å². The van der Waals surface area contributed by atoms with Gasteiger partial charge in [-0.1, -0.05) is 26.0 Å². The van der Waals surface area contributed by atoms with Crippen LogP contribution in [-0.4, -0.2) is 17.3 Å². The highest BCUT2D eigenvalue weighted by Crippen LogP contribution is 2.15. The van der Waals surface area contributed by atoms with Crippen molar-refractivity contribution in [1.29, 1.82) is 0 Å². The number of hydrogen-bond donors (Lipinski definition) is 1. The highest BCUT2D eigenvalue weighted by Gasteiger charge is 2.10. The minimum absolute atomic E-state index is 1.04. The molecule has 0 spiro atoms. The molecular weight excluding hydrogens is 192 g/mol. The number of nitrogens with zero attached hydrogens (tertiary/aromatic N) is 1. The third-order valence-corrected chi connectivity index (χ3v) is 2.52. The lowest BCUT2D eigenvalue weighted by atomic mass is 10.4. The Morgan fingerprint density at radius 3 is 2.64 bits per heavy atom. The van der Waals surface area contributed by atoms with Gasteiger partial charge in [0.05, 0.1) is 5.70 Å². The fraction of sp³-hybridized carbons (Fsp3) is 0.545. The Bertz CT molecular complexity index is 229. The van der Waals surface area contributed by atoms with Gasteiger partial charge in [-0.3, -0.25) is 0 Å². The number of aliphatic imine (C=N–C) groups is 1. The van der Waals surface area contributed by atoms with Gasteiger partial charge < -0.3 is 5.32 Å². The van der Waals surface area contributed by atoms with E-state index in [0.29, 0.717) is 0 Å². The predicted octanol–water partition coefficient (Wildman–Crippen LogP) is 3.18. The smallest absolute Gasteiger partial charge is 0.119 e. The minimum atomic E-state index is 1.04. The highest BCUT2D eigenvalue weighted by atomic mass is 32.2. The molecule has 0 radical (unpaired) electrons. The number of hydrogen-bond acceptors (Lipinski definition) is 3. The normalized spacial score (nSPS) is 22.0. The van der Waals surface area contributed by atoms with Crippen molar-refractivity contribution in [2.75, 3.05) is 12.3 Å². The van der Waals surface area contributed by atoms with Gasteiger partial charge in [-0.2, -0.15) is 0 Å². The fourth-order valence-electron chi connectivity index (χ4n) is 0.961. The van der Waals surface area contributed by atoms with Crippen LogP contribution < -0.4 is 5.32 Å². The Hall–Kier alpha value is -0.700. The van der Waals surface area contributed by atoms with Crippen molar-refractivity contribution in [2.24, 2.45) is 4.99 Å². The van der Waals surface area contributed by atoms with E-state index in [1.54, 1.807) is 11.8 Å². The molecule has 2 nitrogen and oxygen atoms in total. The molecule has 1 heterocycles. The van der Waals surface area contributed by atoms with Gasteiger partial charge in [0, 0.05) is 18.5 Å². The molecule has 1 N–H and O–H groups in total. The van der Waals surface area contributed by atoms with Gasteiger partial charge in [0.2, 0.25) is 0 Å². The average Bonchev–Trinajstić information content (AvgIpc) is 2.29. The third kappa shape index (κ3) is 4.51. The molecule has 0 amide bonds. The van der Waals surface area contributed by atoms with E-state index >= 15 is 0 Å². The van der Waals surface area contributed by atoms with Gasteiger partial charge in [-0.15, -0.1) is 11.8 Å². The first kappa shape index (κ1) is 13.3. The number of allylic oxidation sites excluding steroid dienone is 2. The van der Waals surface area contributed by atoms with Crippen molar-refractivity contribution < 1.29 is 0 Å². The van der Waals surface area contributed by atoms with Gasteiger partial charge in [-0.05, 0) is 13.8 Å². The molecule has 1 aliphatic rings. The van der Waals surface area contributed by atoms with Gasteiger partial charge in [0.1, 0.15) is 5.04 Å². The van der Waals surface area contributed by atoms with Crippen molar-refractivity contribution in [2.45, 2.75) is 27.7 Å². The Morgan fingerprint density at radius 1 is 1.36 bits per heavy atom. The van der Waals surface area contributed by atoms with Crippen LogP contribution in [0.5, 0.6) is 0 Å². The standard InChI is InChI=1S/C9H14N2S.C2H6/c1-3-5-11-9-8(4-2)10-6-7-12-9;1-2/h3-5,10H,6-7H2,1-2H3;1-2H3/b5-3-,8-4+,11-9+;. The summed E-state index contributed by atoms with van der Waals surface area (Å²) in [4.78, 5) is 4.32. The van der Waals surface area contributed by atoms with Crippen molar-refractivity contribution >= 4 is 16.8 Å². The van der Waals surface area contributed by atoms with Crippen LogP contribution in [0.4, 0.5) is 0 Å².